The Morgan fingerprint density at radius 3 is 2.50 bits per heavy atom. The van der Waals surface area contributed by atoms with Gasteiger partial charge in [0.2, 0.25) is 0 Å². The molecule has 0 fully saturated rings. The number of oxazole rings is 1. The van der Waals surface area contributed by atoms with Gasteiger partial charge in [-0.25, -0.2) is 9.97 Å². The number of nitrogens with zero attached hydrogens (tertiary/aromatic N) is 4. The number of rotatable bonds is 5. The van der Waals surface area contributed by atoms with Crippen LogP contribution in [0.2, 0.25) is 5.02 Å². The van der Waals surface area contributed by atoms with E-state index in [1.165, 1.54) is 5.56 Å². The Balaban J connectivity index is 1.46. The molecule has 2 aromatic carbocycles. The zero-order chi connectivity index (χ0) is 22.2. The fourth-order valence-corrected chi connectivity index (χ4v) is 4.00. The SMILES string of the molecule is Cc1ncc(-c2ccc(Nc3cccc4c3nc(C(C)c3ccc(Cl)cc3)n4C)cn2)o1. The first-order valence-electron chi connectivity index (χ1n) is 10.4. The van der Waals surface area contributed by atoms with Crippen LogP contribution in [0, 0.1) is 6.92 Å². The topological polar surface area (TPSA) is 68.8 Å². The quantitative estimate of drug-likeness (QED) is 0.336. The summed E-state index contributed by atoms with van der Waals surface area (Å²) in [7, 11) is 2.05. The third kappa shape index (κ3) is 3.74. The standard InChI is InChI=1S/C25H22ClN5O/c1-15(17-7-9-18(26)10-8-17)25-30-24-21(5-4-6-22(24)31(25)3)29-19-11-12-20(28-13-19)23-14-27-16(2)32-23/h4-15,29H,1-3H3. The van der Waals surface area contributed by atoms with Crippen molar-refractivity contribution in [2.24, 2.45) is 7.05 Å². The summed E-state index contributed by atoms with van der Waals surface area (Å²) in [6.45, 7) is 3.97. The fraction of sp³-hybridized carbons (Fsp3) is 0.160. The molecule has 0 spiro atoms. The molecule has 0 aliphatic heterocycles. The highest BCUT2D eigenvalue weighted by Crippen LogP contribution is 2.31. The smallest absolute Gasteiger partial charge is 0.191 e. The number of aryl methyl sites for hydroxylation is 2. The maximum absolute atomic E-state index is 6.06. The number of para-hydroxylation sites is 1. The molecule has 1 N–H and O–H groups in total. The van der Waals surface area contributed by atoms with Gasteiger partial charge in [0.05, 0.1) is 29.3 Å². The van der Waals surface area contributed by atoms with Gasteiger partial charge >= 0.3 is 0 Å². The van der Waals surface area contributed by atoms with Crippen molar-refractivity contribution in [3.8, 4) is 11.5 Å². The van der Waals surface area contributed by atoms with Crippen molar-refractivity contribution in [1.29, 1.82) is 0 Å². The molecular weight excluding hydrogens is 422 g/mol. The molecule has 0 saturated carbocycles. The van der Waals surface area contributed by atoms with E-state index in [9.17, 15) is 0 Å². The molecule has 6 nitrogen and oxygen atoms in total. The normalized spacial score (nSPS) is 12.2. The monoisotopic (exact) mass is 443 g/mol. The van der Waals surface area contributed by atoms with Gasteiger partial charge in [-0.3, -0.25) is 4.98 Å². The van der Waals surface area contributed by atoms with E-state index in [0.29, 0.717) is 11.7 Å². The molecule has 160 valence electrons. The van der Waals surface area contributed by atoms with Crippen molar-refractivity contribution in [1.82, 2.24) is 19.5 Å². The number of hydrogen-bond acceptors (Lipinski definition) is 5. The van der Waals surface area contributed by atoms with Crippen LogP contribution in [-0.4, -0.2) is 19.5 Å². The van der Waals surface area contributed by atoms with Crippen molar-refractivity contribution in [2.75, 3.05) is 5.32 Å². The number of anilines is 2. The third-order valence-electron chi connectivity index (χ3n) is 5.62. The fourth-order valence-electron chi connectivity index (χ4n) is 3.87. The summed E-state index contributed by atoms with van der Waals surface area (Å²) in [6, 6.07) is 18.0. The molecule has 3 heterocycles. The molecule has 7 heteroatoms. The lowest BCUT2D eigenvalue weighted by Gasteiger charge is -2.12. The summed E-state index contributed by atoms with van der Waals surface area (Å²) in [5.74, 6) is 2.39. The van der Waals surface area contributed by atoms with E-state index in [1.807, 2.05) is 43.3 Å². The van der Waals surface area contributed by atoms with E-state index >= 15 is 0 Å². The van der Waals surface area contributed by atoms with Gasteiger partial charge in [-0.15, -0.1) is 0 Å². The van der Waals surface area contributed by atoms with Crippen molar-refractivity contribution in [3.05, 3.63) is 89.3 Å². The molecular formula is C25H22ClN5O. The van der Waals surface area contributed by atoms with Gasteiger partial charge < -0.3 is 14.3 Å². The highest BCUT2D eigenvalue weighted by atomic mass is 35.5. The van der Waals surface area contributed by atoms with E-state index in [-0.39, 0.29) is 5.92 Å². The summed E-state index contributed by atoms with van der Waals surface area (Å²) in [6.07, 6.45) is 3.47. The summed E-state index contributed by atoms with van der Waals surface area (Å²) in [5.41, 5.74) is 5.69. The highest BCUT2D eigenvalue weighted by Gasteiger charge is 2.18. The first kappa shape index (κ1) is 20.3. The van der Waals surface area contributed by atoms with Gasteiger partial charge in [-0.1, -0.05) is 36.7 Å². The van der Waals surface area contributed by atoms with Gasteiger partial charge in [0, 0.05) is 24.9 Å². The largest absolute Gasteiger partial charge is 0.439 e. The number of nitrogens with one attached hydrogen (secondary N) is 1. The predicted molar refractivity (Wildman–Crippen MR) is 127 cm³/mol. The van der Waals surface area contributed by atoms with Crippen LogP contribution >= 0.6 is 11.6 Å². The van der Waals surface area contributed by atoms with Crippen LogP contribution in [0.15, 0.2) is 71.4 Å². The molecule has 0 aliphatic carbocycles. The Morgan fingerprint density at radius 2 is 1.81 bits per heavy atom. The van der Waals surface area contributed by atoms with Crippen molar-refractivity contribution in [2.45, 2.75) is 19.8 Å². The van der Waals surface area contributed by atoms with E-state index < -0.39 is 0 Å². The Kier molecular flexibility index (Phi) is 5.15. The lowest BCUT2D eigenvalue weighted by atomic mass is 10.0. The minimum absolute atomic E-state index is 0.129. The van der Waals surface area contributed by atoms with Crippen LogP contribution in [0.3, 0.4) is 0 Å². The van der Waals surface area contributed by atoms with Gasteiger partial charge in [0.15, 0.2) is 11.7 Å². The second-order valence-electron chi connectivity index (χ2n) is 7.78. The number of hydrogen-bond donors (Lipinski definition) is 1. The van der Waals surface area contributed by atoms with Crippen LogP contribution in [0.25, 0.3) is 22.5 Å². The maximum atomic E-state index is 6.06. The number of imidazole rings is 1. The summed E-state index contributed by atoms with van der Waals surface area (Å²) < 4.78 is 7.70. The molecule has 0 bridgehead atoms. The molecule has 0 aliphatic rings. The van der Waals surface area contributed by atoms with Gasteiger partial charge in [0.25, 0.3) is 0 Å². The zero-order valence-electron chi connectivity index (χ0n) is 18.0. The summed E-state index contributed by atoms with van der Waals surface area (Å²) >= 11 is 6.06. The minimum Gasteiger partial charge on any atom is -0.439 e. The third-order valence-corrected chi connectivity index (χ3v) is 5.87. The second kappa shape index (κ2) is 8.13. The second-order valence-corrected chi connectivity index (χ2v) is 8.21. The van der Waals surface area contributed by atoms with E-state index in [1.54, 1.807) is 12.4 Å². The lowest BCUT2D eigenvalue weighted by molar-refractivity contribution is 0.532. The Morgan fingerprint density at radius 1 is 1.00 bits per heavy atom. The molecule has 32 heavy (non-hydrogen) atoms. The molecule has 0 amide bonds. The Labute approximate surface area is 190 Å². The van der Waals surface area contributed by atoms with E-state index in [2.05, 4.69) is 52.0 Å². The summed E-state index contributed by atoms with van der Waals surface area (Å²) in [5, 5.41) is 4.19. The van der Waals surface area contributed by atoms with E-state index in [0.717, 1.165) is 38.9 Å². The van der Waals surface area contributed by atoms with Crippen molar-refractivity contribution in [3.63, 3.8) is 0 Å². The van der Waals surface area contributed by atoms with Gasteiger partial charge in [0.1, 0.15) is 17.0 Å². The molecule has 1 unspecified atom stereocenters. The average Bonchev–Trinajstić information content (AvgIpc) is 3.38. The van der Waals surface area contributed by atoms with Gasteiger partial charge in [-0.05, 0) is 42.0 Å². The Bertz CT molecular complexity index is 1390. The maximum Gasteiger partial charge on any atom is 0.191 e. The first-order chi connectivity index (χ1) is 15.5. The highest BCUT2D eigenvalue weighted by molar-refractivity contribution is 6.30. The minimum atomic E-state index is 0.129. The van der Waals surface area contributed by atoms with Crippen LogP contribution < -0.4 is 5.32 Å². The van der Waals surface area contributed by atoms with Crippen LogP contribution in [-0.2, 0) is 7.05 Å². The number of halogens is 1. The number of pyridine rings is 1. The molecule has 3 aromatic heterocycles. The molecule has 1 atom stereocenters. The van der Waals surface area contributed by atoms with E-state index in [4.69, 9.17) is 21.0 Å². The number of benzene rings is 2. The lowest BCUT2D eigenvalue weighted by Crippen LogP contribution is -2.04. The van der Waals surface area contributed by atoms with Crippen molar-refractivity contribution < 1.29 is 4.42 Å². The van der Waals surface area contributed by atoms with Crippen LogP contribution in [0.5, 0.6) is 0 Å². The zero-order valence-corrected chi connectivity index (χ0v) is 18.8. The van der Waals surface area contributed by atoms with Gasteiger partial charge in [-0.2, -0.15) is 0 Å². The van der Waals surface area contributed by atoms with Crippen molar-refractivity contribution >= 4 is 34.0 Å². The summed E-state index contributed by atoms with van der Waals surface area (Å²) in [4.78, 5) is 13.6. The molecule has 0 saturated heterocycles. The number of fused-ring (bicyclic) bond motifs is 1. The molecule has 5 aromatic rings. The molecule has 5 rings (SSSR count). The first-order valence-corrected chi connectivity index (χ1v) is 10.7. The van der Waals surface area contributed by atoms with Crippen LogP contribution in [0.4, 0.5) is 11.4 Å². The van der Waals surface area contributed by atoms with Crippen LogP contribution in [0.1, 0.15) is 30.1 Å². The average molecular weight is 444 g/mol. The Hall–Kier alpha value is -3.64. The predicted octanol–water partition coefficient (Wildman–Crippen LogP) is 6.48. The molecule has 0 radical (unpaired) electrons. The number of aromatic nitrogens is 4.